The number of urea groups is 1. The Kier molecular flexibility index (Phi) is 4.16. The molecule has 7 heteroatoms. The summed E-state index contributed by atoms with van der Waals surface area (Å²) >= 11 is 12.2. The van der Waals surface area contributed by atoms with E-state index in [9.17, 15) is 9.59 Å². The molecule has 2 N–H and O–H groups in total. The minimum Gasteiger partial charge on any atom is -0.329 e. The molecule has 3 atom stereocenters. The van der Waals surface area contributed by atoms with Crippen LogP contribution in [0.3, 0.4) is 0 Å². The molecule has 2 bridgehead atoms. The number of fused-ring (bicyclic) bond motifs is 4. The lowest BCUT2D eigenvalue weighted by molar-refractivity contribution is 0.167. The summed E-state index contributed by atoms with van der Waals surface area (Å²) in [5.41, 5.74) is 2.82. The maximum atomic E-state index is 12.9. The first-order valence-corrected chi connectivity index (χ1v) is 9.26. The van der Waals surface area contributed by atoms with Crippen molar-refractivity contribution in [2.24, 2.45) is 5.92 Å². The van der Waals surface area contributed by atoms with E-state index in [-0.39, 0.29) is 29.6 Å². The van der Waals surface area contributed by atoms with Gasteiger partial charge in [-0.2, -0.15) is 0 Å². The number of hydrogen-bond acceptors (Lipinski definition) is 2. The Bertz CT molecular complexity index is 858. The third-order valence-electron chi connectivity index (χ3n) is 5.41. The number of pyridine rings is 1. The van der Waals surface area contributed by atoms with Crippen LogP contribution in [0.5, 0.6) is 0 Å². The van der Waals surface area contributed by atoms with Crippen molar-refractivity contribution in [3.8, 4) is 0 Å². The van der Waals surface area contributed by atoms with Crippen molar-refractivity contribution >= 4 is 29.2 Å². The van der Waals surface area contributed by atoms with Crippen LogP contribution in [0, 0.1) is 5.92 Å². The van der Waals surface area contributed by atoms with E-state index in [2.05, 4.69) is 10.3 Å². The minimum atomic E-state index is -0.107. The zero-order chi connectivity index (χ0) is 17.7. The van der Waals surface area contributed by atoms with E-state index in [0.717, 1.165) is 36.1 Å². The van der Waals surface area contributed by atoms with Gasteiger partial charge in [0, 0.05) is 35.0 Å². The van der Waals surface area contributed by atoms with Crippen LogP contribution in [0.4, 0.5) is 4.79 Å². The minimum absolute atomic E-state index is 0.0136. The fourth-order valence-corrected chi connectivity index (χ4v) is 4.62. The molecule has 4 rings (SSSR count). The van der Waals surface area contributed by atoms with Crippen molar-refractivity contribution in [3.63, 3.8) is 0 Å². The molecular weight excluding hydrogens is 361 g/mol. The van der Waals surface area contributed by atoms with Gasteiger partial charge in [0.05, 0.1) is 11.1 Å². The van der Waals surface area contributed by atoms with Gasteiger partial charge >= 0.3 is 6.03 Å². The molecule has 1 saturated heterocycles. The predicted molar refractivity (Wildman–Crippen MR) is 97.5 cm³/mol. The topological polar surface area (TPSA) is 65.2 Å². The molecule has 0 saturated carbocycles. The van der Waals surface area contributed by atoms with E-state index in [4.69, 9.17) is 23.2 Å². The van der Waals surface area contributed by atoms with Crippen molar-refractivity contribution in [2.75, 3.05) is 0 Å². The van der Waals surface area contributed by atoms with Gasteiger partial charge in [-0.3, -0.25) is 4.79 Å². The predicted octanol–water partition coefficient (Wildman–Crippen LogP) is 3.76. The van der Waals surface area contributed by atoms with E-state index >= 15 is 0 Å². The molecule has 2 amide bonds. The highest BCUT2D eigenvalue weighted by Gasteiger charge is 2.43. The number of carbonyl (C=O) groups excluding carboxylic acids is 1. The van der Waals surface area contributed by atoms with Crippen LogP contribution in [0.25, 0.3) is 0 Å². The quantitative estimate of drug-likeness (QED) is 0.779. The van der Waals surface area contributed by atoms with Gasteiger partial charge in [-0.1, -0.05) is 30.1 Å². The number of halogens is 2. The number of rotatable bonds is 1. The highest BCUT2D eigenvalue weighted by atomic mass is 35.5. The van der Waals surface area contributed by atoms with E-state index in [1.165, 1.54) is 0 Å². The molecular formula is C18H19Cl2N3O2. The highest BCUT2D eigenvalue weighted by molar-refractivity contribution is 6.40. The summed E-state index contributed by atoms with van der Waals surface area (Å²) in [4.78, 5) is 29.2. The number of nitrogens with zero attached hydrogens (tertiary/aromatic N) is 1. The van der Waals surface area contributed by atoms with E-state index in [0.29, 0.717) is 16.5 Å². The molecule has 1 fully saturated rings. The molecule has 2 aliphatic heterocycles. The standard InChI is InChI=1S/C18H19Cl2N3O2/c1-9-4-13(19)14(20)7-15(9)22-18(25)23-11-2-3-16(23)12-8-21-17(24)6-10(12)5-11/h6-9,11,16H,2-5H2,1H3,(H,21,24)(H,22,25). The Labute approximate surface area is 155 Å². The zero-order valence-electron chi connectivity index (χ0n) is 13.8. The molecule has 0 radical (unpaired) electrons. The summed E-state index contributed by atoms with van der Waals surface area (Å²) in [6, 6.07) is 1.70. The second-order valence-electron chi connectivity index (χ2n) is 7.02. The van der Waals surface area contributed by atoms with Crippen LogP contribution in [0.15, 0.2) is 38.9 Å². The molecule has 5 nitrogen and oxygen atoms in total. The molecule has 3 unspecified atom stereocenters. The number of allylic oxidation sites excluding steroid dienone is 4. The smallest absolute Gasteiger partial charge is 0.322 e. The van der Waals surface area contributed by atoms with E-state index < -0.39 is 0 Å². The Balaban J connectivity index is 1.59. The molecule has 0 spiro atoms. The largest absolute Gasteiger partial charge is 0.329 e. The molecule has 25 heavy (non-hydrogen) atoms. The molecule has 0 aromatic carbocycles. The van der Waals surface area contributed by atoms with Crippen LogP contribution in [0.1, 0.15) is 43.4 Å². The number of amides is 2. The van der Waals surface area contributed by atoms with Gasteiger partial charge in [0.25, 0.3) is 0 Å². The number of aromatic nitrogens is 1. The molecule has 1 aliphatic carbocycles. The van der Waals surface area contributed by atoms with E-state index in [1.807, 2.05) is 11.8 Å². The van der Waals surface area contributed by atoms with Crippen LogP contribution < -0.4 is 10.9 Å². The van der Waals surface area contributed by atoms with Crippen LogP contribution >= 0.6 is 23.2 Å². The third-order valence-corrected chi connectivity index (χ3v) is 6.20. The number of carbonyl (C=O) groups is 1. The zero-order valence-corrected chi connectivity index (χ0v) is 15.3. The monoisotopic (exact) mass is 379 g/mol. The second kappa shape index (κ2) is 6.22. The first kappa shape index (κ1) is 16.7. The summed E-state index contributed by atoms with van der Waals surface area (Å²) in [6.07, 6.45) is 6.72. The molecule has 3 heterocycles. The highest BCUT2D eigenvalue weighted by Crippen LogP contribution is 2.43. The lowest BCUT2D eigenvalue weighted by Crippen LogP contribution is -2.47. The molecule has 1 aromatic rings. The first-order valence-electron chi connectivity index (χ1n) is 8.50. The number of H-pyrrole nitrogens is 1. The fraction of sp³-hybridized carbons (Fsp3) is 0.444. The summed E-state index contributed by atoms with van der Waals surface area (Å²) in [7, 11) is 0. The van der Waals surface area contributed by atoms with Gasteiger partial charge in [0.15, 0.2) is 0 Å². The van der Waals surface area contributed by atoms with Crippen molar-refractivity contribution in [3.05, 3.63) is 55.6 Å². The Morgan fingerprint density at radius 3 is 2.92 bits per heavy atom. The second-order valence-corrected chi connectivity index (χ2v) is 7.89. The average molecular weight is 380 g/mol. The maximum Gasteiger partial charge on any atom is 0.322 e. The van der Waals surface area contributed by atoms with Crippen molar-refractivity contribution in [1.29, 1.82) is 0 Å². The number of hydrogen-bond donors (Lipinski definition) is 2. The lowest BCUT2D eigenvalue weighted by Gasteiger charge is -2.37. The summed E-state index contributed by atoms with van der Waals surface area (Å²) in [5, 5.41) is 4.14. The summed E-state index contributed by atoms with van der Waals surface area (Å²) in [5.74, 6) is 0.116. The SMILES string of the molecule is CC1CC(Cl)=C(Cl)C=C1NC(=O)N1C2CCC1c1c[nH]c(=O)cc1C2. The number of aromatic amines is 1. The Hall–Kier alpha value is -1.72. The normalized spacial score (nSPS) is 27.9. The van der Waals surface area contributed by atoms with Crippen molar-refractivity contribution in [1.82, 2.24) is 15.2 Å². The molecule has 3 aliphatic rings. The fourth-order valence-electron chi connectivity index (χ4n) is 4.14. The van der Waals surface area contributed by atoms with Gasteiger partial charge in [0.2, 0.25) is 5.56 Å². The molecule has 1 aromatic heterocycles. The third kappa shape index (κ3) is 2.89. The van der Waals surface area contributed by atoms with Gasteiger partial charge in [-0.25, -0.2) is 4.79 Å². The van der Waals surface area contributed by atoms with Gasteiger partial charge in [0.1, 0.15) is 0 Å². The Morgan fingerprint density at radius 2 is 2.12 bits per heavy atom. The average Bonchev–Trinajstić information content (AvgIpc) is 2.88. The van der Waals surface area contributed by atoms with Crippen LogP contribution in [-0.4, -0.2) is 22.0 Å². The first-order chi connectivity index (χ1) is 11.9. The number of nitrogens with one attached hydrogen (secondary N) is 2. The van der Waals surface area contributed by atoms with Crippen LogP contribution in [-0.2, 0) is 6.42 Å². The van der Waals surface area contributed by atoms with Gasteiger partial charge in [-0.05, 0) is 42.9 Å². The van der Waals surface area contributed by atoms with Gasteiger partial charge in [-0.15, -0.1) is 0 Å². The molecule has 132 valence electrons. The van der Waals surface area contributed by atoms with E-state index in [1.54, 1.807) is 18.3 Å². The van der Waals surface area contributed by atoms with Crippen molar-refractivity contribution in [2.45, 2.75) is 44.7 Å². The van der Waals surface area contributed by atoms with Crippen molar-refractivity contribution < 1.29 is 4.79 Å². The maximum absolute atomic E-state index is 12.9. The summed E-state index contributed by atoms with van der Waals surface area (Å²) in [6.45, 7) is 2.02. The summed E-state index contributed by atoms with van der Waals surface area (Å²) < 4.78 is 0. The lowest BCUT2D eigenvalue weighted by atomic mass is 9.95. The Morgan fingerprint density at radius 1 is 1.32 bits per heavy atom. The van der Waals surface area contributed by atoms with Gasteiger partial charge < -0.3 is 15.2 Å². The van der Waals surface area contributed by atoms with Crippen LogP contribution in [0.2, 0.25) is 0 Å².